The minimum absolute atomic E-state index is 0.0226. The maximum Gasteiger partial charge on any atom is 0.220 e. The van der Waals surface area contributed by atoms with E-state index in [2.05, 4.69) is 5.32 Å². The molecule has 20 heavy (non-hydrogen) atoms. The number of rotatable bonds is 5. The van der Waals surface area contributed by atoms with E-state index in [0.717, 1.165) is 31.2 Å². The normalized spacial score (nSPS) is 22.5. The van der Waals surface area contributed by atoms with Gasteiger partial charge in [0.05, 0.1) is 6.10 Å². The molecule has 1 aromatic carbocycles. The molecule has 0 radical (unpaired) electrons. The van der Waals surface area contributed by atoms with Crippen LogP contribution in [0.1, 0.15) is 37.7 Å². The zero-order valence-corrected chi connectivity index (χ0v) is 11.6. The van der Waals surface area contributed by atoms with Crippen LogP contribution in [-0.4, -0.2) is 23.7 Å². The first-order valence-corrected chi connectivity index (χ1v) is 7.32. The molecule has 2 rings (SSSR count). The van der Waals surface area contributed by atoms with Crippen LogP contribution in [0.25, 0.3) is 0 Å². The lowest BCUT2D eigenvalue weighted by Crippen LogP contribution is -2.33. The van der Waals surface area contributed by atoms with Crippen LogP contribution in [-0.2, 0) is 11.2 Å². The zero-order valence-electron chi connectivity index (χ0n) is 11.6. The van der Waals surface area contributed by atoms with Crippen LogP contribution >= 0.6 is 0 Å². The number of nitrogens with one attached hydrogen (secondary N) is 1. The van der Waals surface area contributed by atoms with Crippen LogP contribution in [0.4, 0.5) is 4.39 Å². The van der Waals surface area contributed by atoms with E-state index in [1.165, 1.54) is 12.1 Å². The SMILES string of the molecule is O=C(CCc1ccc(F)cc1)NCC1CCCC(O)C1. The quantitative estimate of drug-likeness (QED) is 0.869. The Bertz CT molecular complexity index is 433. The highest BCUT2D eigenvalue weighted by atomic mass is 19.1. The van der Waals surface area contributed by atoms with Crippen LogP contribution in [0, 0.1) is 11.7 Å². The van der Waals surface area contributed by atoms with Crippen molar-refractivity contribution in [2.45, 2.75) is 44.6 Å². The zero-order chi connectivity index (χ0) is 14.4. The summed E-state index contributed by atoms with van der Waals surface area (Å²) in [4.78, 5) is 11.8. The maximum absolute atomic E-state index is 12.7. The number of aliphatic hydroxyl groups is 1. The third-order valence-electron chi connectivity index (χ3n) is 3.90. The van der Waals surface area contributed by atoms with Gasteiger partial charge in [-0.25, -0.2) is 4.39 Å². The molecule has 1 aliphatic carbocycles. The fourth-order valence-electron chi connectivity index (χ4n) is 2.70. The monoisotopic (exact) mass is 279 g/mol. The average Bonchev–Trinajstić information content (AvgIpc) is 2.45. The van der Waals surface area contributed by atoms with Crippen molar-refractivity contribution >= 4 is 5.91 Å². The van der Waals surface area contributed by atoms with Gasteiger partial charge >= 0.3 is 0 Å². The van der Waals surface area contributed by atoms with Gasteiger partial charge in [-0.1, -0.05) is 18.6 Å². The molecule has 1 saturated carbocycles. The van der Waals surface area contributed by atoms with Crippen LogP contribution < -0.4 is 5.32 Å². The van der Waals surface area contributed by atoms with Gasteiger partial charge in [0.1, 0.15) is 5.82 Å². The van der Waals surface area contributed by atoms with E-state index >= 15 is 0 Å². The predicted molar refractivity (Wildman–Crippen MR) is 75.7 cm³/mol. The lowest BCUT2D eigenvalue weighted by atomic mass is 9.87. The molecule has 0 heterocycles. The lowest BCUT2D eigenvalue weighted by Gasteiger charge is -2.25. The summed E-state index contributed by atoms with van der Waals surface area (Å²) >= 11 is 0. The van der Waals surface area contributed by atoms with Crippen LogP contribution in [0.2, 0.25) is 0 Å². The van der Waals surface area contributed by atoms with Gasteiger partial charge in [-0.3, -0.25) is 4.79 Å². The first-order chi connectivity index (χ1) is 9.63. The molecule has 2 unspecified atom stereocenters. The molecule has 1 aromatic rings. The summed E-state index contributed by atoms with van der Waals surface area (Å²) in [5.74, 6) is 0.164. The van der Waals surface area contributed by atoms with Crippen molar-refractivity contribution in [2.24, 2.45) is 5.92 Å². The molecule has 4 heteroatoms. The summed E-state index contributed by atoms with van der Waals surface area (Å²) in [7, 11) is 0. The number of benzene rings is 1. The number of aryl methyl sites for hydroxylation is 1. The Kier molecular flexibility index (Phi) is 5.53. The number of hydrogen-bond donors (Lipinski definition) is 2. The van der Waals surface area contributed by atoms with E-state index in [-0.39, 0.29) is 17.8 Å². The van der Waals surface area contributed by atoms with Crippen molar-refractivity contribution in [3.63, 3.8) is 0 Å². The Hall–Kier alpha value is -1.42. The molecule has 1 amide bonds. The third-order valence-corrected chi connectivity index (χ3v) is 3.90. The van der Waals surface area contributed by atoms with Crippen LogP contribution in [0.5, 0.6) is 0 Å². The Morgan fingerprint density at radius 3 is 2.75 bits per heavy atom. The molecule has 0 aromatic heterocycles. The third kappa shape index (κ3) is 4.93. The molecule has 0 bridgehead atoms. The maximum atomic E-state index is 12.7. The first kappa shape index (κ1) is 15.0. The van der Waals surface area contributed by atoms with Gasteiger partial charge < -0.3 is 10.4 Å². The number of carbonyl (C=O) groups excluding carboxylic acids is 1. The van der Waals surface area contributed by atoms with Crippen LogP contribution in [0.3, 0.4) is 0 Å². The van der Waals surface area contributed by atoms with Gasteiger partial charge in [-0.15, -0.1) is 0 Å². The van der Waals surface area contributed by atoms with E-state index < -0.39 is 0 Å². The summed E-state index contributed by atoms with van der Waals surface area (Å²) in [6.07, 6.45) is 4.63. The van der Waals surface area contributed by atoms with Gasteiger partial charge in [0.2, 0.25) is 5.91 Å². The predicted octanol–water partition coefficient (Wildman–Crippen LogP) is 2.43. The van der Waals surface area contributed by atoms with Crippen molar-refractivity contribution in [1.82, 2.24) is 5.32 Å². The minimum Gasteiger partial charge on any atom is -0.393 e. The standard InChI is InChI=1S/C16H22FNO2/c17-14-7-4-12(5-8-14)6-9-16(20)18-11-13-2-1-3-15(19)10-13/h4-5,7-8,13,15,19H,1-3,6,9-11H2,(H,18,20). The molecule has 1 aliphatic rings. The van der Waals surface area contributed by atoms with Crippen molar-refractivity contribution < 1.29 is 14.3 Å². The fraction of sp³-hybridized carbons (Fsp3) is 0.562. The molecule has 2 atom stereocenters. The van der Waals surface area contributed by atoms with Crippen molar-refractivity contribution in [3.05, 3.63) is 35.6 Å². The van der Waals surface area contributed by atoms with Gasteiger partial charge in [-0.2, -0.15) is 0 Å². The molecular formula is C16H22FNO2. The van der Waals surface area contributed by atoms with Gasteiger partial charge in [-0.05, 0) is 49.3 Å². The number of halogens is 1. The smallest absolute Gasteiger partial charge is 0.220 e. The number of amides is 1. The molecular weight excluding hydrogens is 257 g/mol. The summed E-state index contributed by atoms with van der Waals surface area (Å²) in [6, 6.07) is 6.24. The van der Waals surface area contributed by atoms with Gasteiger partial charge in [0.15, 0.2) is 0 Å². The minimum atomic E-state index is -0.256. The van der Waals surface area contributed by atoms with Crippen molar-refractivity contribution in [3.8, 4) is 0 Å². The van der Waals surface area contributed by atoms with E-state index in [9.17, 15) is 14.3 Å². The first-order valence-electron chi connectivity index (χ1n) is 7.32. The highest BCUT2D eigenvalue weighted by Gasteiger charge is 2.20. The number of carbonyl (C=O) groups is 1. The number of aliphatic hydroxyl groups excluding tert-OH is 1. The topological polar surface area (TPSA) is 49.3 Å². The summed E-state index contributed by atoms with van der Waals surface area (Å²) in [5, 5.41) is 12.5. The van der Waals surface area contributed by atoms with E-state index in [1.807, 2.05) is 0 Å². The summed E-state index contributed by atoms with van der Waals surface area (Å²) < 4.78 is 12.7. The van der Waals surface area contributed by atoms with Gasteiger partial charge in [0.25, 0.3) is 0 Å². The Morgan fingerprint density at radius 2 is 2.05 bits per heavy atom. The summed E-state index contributed by atoms with van der Waals surface area (Å²) in [6.45, 7) is 0.652. The van der Waals surface area contributed by atoms with Crippen molar-refractivity contribution in [2.75, 3.05) is 6.54 Å². The molecule has 0 aliphatic heterocycles. The van der Waals surface area contributed by atoms with Gasteiger partial charge in [0, 0.05) is 13.0 Å². The molecule has 0 saturated heterocycles. The summed E-state index contributed by atoms with van der Waals surface area (Å²) in [5.41, 5.74) is 0.967. The van der Waals surface area contributed by atoms with E-state index in [0.29, 0.717) is 25.3 Å². The molecule has 0 spiro atoms. The lowest BCUT2D eigenvalue weighted by molar-refractivity contribution is -0.121. The molecule has 2 N–H and O–H groups in total. The second-order valence-electron chi connectivity index (χ2n) is 5.62. The molecule has 110 valence electrons. The van der Waals surface area contributed by atoms with Crippen LogP contribution in [0.15, 0.2) is 24.3 Å². The fourth-order valence-corrected chi connectivity index (χ4v) is 2.70. The van der Waals surface area contributed by atoms with Crippen molar-refractivity contribution in [1.29, 1.82) is 0 Å². The average molecular weight is 279 g/mol. The number of hydrogen-bond acceptors (Lipinski definition) is 2. The Balaban J connectivity index is 1.66. The molecule has 3 nitrogen and oxygen atoms in total. The van der Waals surface area contributed by atoms with E-state index in [1.54, 1.807) is 12.1 Å². The second-order valence-corrected chi connectivity index (χ2v) is 5.62. The highest BCUT2D eigenvalue weighted by molar-refractivity contribution is 5.76. The largest absolute Gasteiger partial charge is 0.393 e. The highest BCUT2D eigenvalue weighted by Crippen LogP contribution is 2.23. The molecule has 1 fully saturated rings. The Morgan fingerprint density at radius 1 is 1.30 bits per heavy atom. The second kappa shape index (κ2) is 7.39. The van der Waals surface area contributed by atoms with E-state index in [4.69, 9.17) is 0 Å². The Labute approximate surface area is 119 Å².